The van der Waals surface area contributed by atoms with Crippen LogP contribution in [-0.4, -0.2) is 19.4 Å². The molecule has 0 atom stereocenters. The monoisotopic (exact) mass is 269 g/mol. The zero-order valence-electron chi connectivity index (χ0n) is 8.47. The van der Waals surface area contributed by atoms with Gasteiger partial charge in [0.1, 0.15) is 10.8 Å². The van der Waals surface area contributed by atoms with E-state index in [9.17, 15) is 18.0 Å². The fourth-order valence-corrected chi connectivity index (χ4v) is 1.27. The zero-order valence-corrected chi connectivity index (χ0v) is 9.22. The predicted octanol–water partition coefficient (Wildman–Crippen LogP) is 2.61. The van der Waals surface area contributed by atoms with E-state index in [4.69, 9.17) is 17.3 Å². The Labute approximate surface area is 99.1 Å². The highest BCUT2D eigenvalue weighted by Crippen LogP contribution is 2.36. The van der Waals surface area contributed by atoms with Crippen LogP contribution in [0.25, 0.3) is 0 Å². The predicted molar refractivity (Wildman–Crippen MR) is 53.9 cm³/mol. The lowest BCUT2D eigenvalue weighted by molar-refractivity contribution is -0.274. The molecule has 0 saturated heterocycles. The summed E-state index contributed by atoms with van der Waals surface area (Å²) in [7, 11) is 1.11. The highest BCUT2D eigenvalue weighted by Gasteiger charge is 2.32. The van der Waals surface area contributed by atoms with E-state index in [0.29, 0.717) is 0 Å². The van der Waals surface area contributed by atoms with Crippen LogP contribution in [-0.2, 0) is 4.74 Å². The Bertz CT molecular complexity index is 448. The van der Waals surface area contributed by atoms with E-state index in [0.717, 1.165) is 19.2 Å². The molecule has 94 valence electrons. The Kier molecular flexibility index (Phi) is 3.72. The minimum atomic E-state index is -4.89. The number of alkyl halides is 3. The maximum Gasteiger partial charge on any atom is 0.573 e. The summed E-state index contributed by atoms with van der Waals surface area (Å²) in [5.41, 5.74) is 4.93. The Morgan fingerprint density at radius 1 is 1.41 bits per heavy atom. The van der Waals surface area contributed by atoms with E-state index in [2.05, 4.69) is 9.47 Å². The molecule has 0 bridgehead atoms. The summed E-state index contributed by atoms with van der Waals surface area (Å²) < 4.78 is 43.9. The van der Waals surface area contributed by atoms with E-state index in [1.54, 1.807) is 0 Å². The number of carbonyl (C=O) groups is 1. The van der Waals surface area contributed by atoms with Crippen LogP contribution in [0.2, 0.25) is 5.02 Å². The topological polar surface area (TPSA) is 61.5 Å². The van der Waals surface area contributed by atoms with Gasteiger partial charge in [0.15, 0.2) is 0 Å². The first-order valence-electron chi connectivity index (χ1n) is 4.18. The minimum absolute atomic E-state index is 0.132. The number of hydrogen-bond acceptors (Lipinski definition) is 4. The summed E-state index contributed by atoms with van der Waals surface area (Å²) in [5, 5.41) is -0.495. The average molecular weight is 270 g/mol. The summed E-state index contributed by atoms with van der Waals surface area (Å²) >= 11 is 5.55. The molecule has 0 spiro atoms. The molecule has 1 aromatic carbocycles. The van der Waals surface area contributed by atoms with Crippen LogP contribution in [0.4, 0.5) is 18.9 Å². The number of esters is 1. The van der Waals surface area contributed by atoms with E-state index in [1.165, 1.54) is 0 Å². The lowest BCUT2D eigenvalue weighted by Crippen LogP contribution is -2.18. The number of nitrogen functional groups attached to an aromatic ring is 1. The number of anilines is 1. The van der Waals surface area contributed by atoms with Crippen molar-refractivity contribution in [2.24, 2.45) is 0 Å². The molecule has 0 aromatic heterocycles. The number of hydrogen-bond donors (Lipinski definition) is 1. The largest absolute Gasteiger partial charge is 0.573 e. The maximum atomic E-state index is 12.0. The van der Waals surface area contributed by atoms with E-state index < -0.39 is 23.1 Å². The van der Waals surface area contributed by atoms with Gasteiger partial charge in [-0.2, -0.15) is 0 Å². The summed E-state index contributed by atoms with van der Waals surface area (Å²) in [4.78, 5) is 11.2. The van der Waals surface area contributed by atoms with Crippen LogP contribution in [0.5, 0.6) is 5.75 Å². The molecule has 0 radical (unpaired) electrons. The molecule has 0 amide bonds. The van der Waals surface area contributed by atoms with Gasteiger partial charge in [-0.1, -0.05) is 11.6 Å². The number of ether oxygens (including phenoxy) is 2. The molecule has 1 aromatic rings. The molecule has 0 heterocycles. The fourth-order valence-electron chi connectivity index (χ4n) is 1.06. The second-order valence-corrected chi connectivity index (χ2v) is 3.26. The summed E-state index contributed by atoms with van der Waals surface area (Å²) in [6.45, 7) is 0. The van der Waals surface area contributed by atoms with E-state index in [-0.39, 0.29) is 11.3 Å². The van der Waals surface area contributed by atoms with Crippen LogP contribution in [0.1, 0.15) is 10.4 Å². The van der Waals surface area contributed by atoms with Gasteiger partial charge in [-0.3, -0.25) is 0 Å². The first-order chi connectivity index (χ1) is 7.76. The molecule has 1 rings (SSSR count). The Morgan fingerprint density at radius 3 is 2.47 bits per heavy atom. The molecule has 0 saturated carbocycles. The van der Waals surface area contributed by atoms with Gasteiger partial charge in [0.05, 0.1) is 18.4 Å². The zero-order chi connectivity index (χ0) is 13.2. The highest BCUT2D eigenvalue weighted by molar-refractivity contribution is 6.35. The highest BCUT2D eigenvalue weighted by atomic mass is 35.5. The van der Waals surface area contributed by atoms with Gasteiger partial charge >= 0.3 is 12.3 Å². The van der Waals surface area contributed by atoms with Crippen LogP contribution in [0, 0.1) is 0 Å². The average Bonchev–Trinajstić information content (AvgIpc) is 2.22. The first-order valence-corrected chi connectivity index (χ1v) is 4.56. The van der Waals surface area contributed by atoms with Crippen molar-refractivity contribution in [1.29, 1.82) is 0 Å². The van der Waals surface area contributed by atoms with Crippen LogP contribution in [0.15, 0.2) is 12.1 Å². The standard InChI is InChI=1S/C9H7ClF3NO3/c1-16-8(15)4-2-3-5(6(10)7(4)14)17-9(11,12)13/h2-3H,14H2,1H3. The molecule has 8 heteroatoms. The molecular formula is C9H7ClF3NO3. The Balaban J connectivity index is 3.15. The molecule has 0 fully saturated rings. The molecule has 2 N–H and O–H groups in total. The van der Waals surface area contributed by atoms with Crippen LogP contribution >= 0.6 is 11.6 Å². The smallest absolute Gasteiger partial charge is 0.465 e. The van der Waals surface area contributed by atoms with Crippen molar-refractivity contribution < 1.29 is 27.4 Å². The normalized spacial score (nSPS) is 11.1. The molecular weight excluding hydrogens is 263 g/mol. The minimum Gasteiger partial charge on any atom is -0.465 e. The summed E-state index contributed by atoms with van der Waals surface area (Å²) in [6, 6.07) is 1.92. The van der Waals surface area contributed by atoms with Crippen molar-refractivity contribution in [2.45, 2.75) is 6.36 Å². The lowest BCUT2D eigenvalue weighted by Gasteiger charge is -2.13. The lowest BCUT2D eigenvalue weighted by atomic mass is 10.1. The van der Waals surface area contributed by atoms with Crippen molar-refractivity contribution in [2.75, 3.05) is 12.8 Å². The van der Waals surface area contributed by atoms with Crippen molar-refractivity contribution >= 4 is 23.3 Å². The molecule has 0 aliphatic carbocycles. The number of carbonyl (C=O) groups excluding carboxylic acids is 1. The number of methoxy groups -OCH3 is 1. The molecule has 4 nitrogen and oxygen atoms in total. The first kappa shape index (κ1) is 13.4. The third-order valence-electron chi connectivity index (χ3n) is 1.78. The van der Waals surface area contributed by atoms with Gasteiger partial charge in [0.2, 0.25) is 0 Å². The second kappa shape index (κ2) is 4.70. The van der Waals surface area contributed by atoms with Crippen molar-refractivity contribution in [3.63, 3.8) is 0 Å². The number of benzene rings is 1. The SMILES string of the molecule is COC(=O)c1ccc(OC(F)(F)F)c(Cl)c1N. The van der Waals surface area contributed by atoms with Crippen LogP contribution in [0.3, 0.4) is 0 Å². The Hall–Kier alpha value is -1.63. The fraction of sp³-hybridized carbons (Fsp3) is 0.222. The molecule has 0 unspecified atom stereocenters. The maximum absolute atomic E-state index is 12.0. The quantitative estimate of drug-likeness (QED) is 0.662. The van der Waals surface area contributed by atoms with Gasteiger partial charge in [0, 0.05) is 0 Å². The van der Waals surface area contributed by atoms with Gasteiger partial charge in [-0.15, -0.1) is 13.2 Å². The van der Waals surface area contributed by atoms with Crippen molar-refractivity contribution in [3.05, 3.63) is 22.7 Å². The molecule has 0 aliphatic rings. The summed E-state index contributed by atoms with van der Waals surface area (Å²) in [6.07, 6.45) is -4.89. The van der Waals surface area contributed by atoms with Crippen LogP contribution < -0.4 is 10.5 Å². The van der Waals surface area contributed by atoms with Crippen molar-refractivity contribution in [3.8, 4) is 5.75 Å². The van der Waals surface area contributed by atoms with Gasteiger partial charge < -0.3 is 15.2 Å². The Morgan fingerprint density at radius 2 is 2.00 bits per heavy atom. The van der Waals surface area contributed by atoms with Crippen molar-refractivity contribution in [1.82, 2.24) is 0 Å². The van der Waals surface area contributed by atoms with Gasteiger partial charge in [-0.25, -0.2) is 4.79 Å². The number of halogens is 4. The van der Waals surface area contributed by atoms with Gasteiger partial charge in [0.25, 0.3) is 0 Å². The number of rotatable bonds is 2. The van der Waals surface area contributed by atoms with E-state index >= 15 is 0 Å². The second-order valence-electron chi connectivity index (χ2n) is 2.88. The van der Waals surface area contributed by atoms with Gasteiger partial charge in [-0.05, 0) is 12.1 Å². The molecule has 17 heavy (non-hydrogen) atoms. The summed E-state index contributed by atoms with van der Waals surface area (Å²) in [5.74, 6) is -1.48. The van der Waals surface area contributed by atoms with E-state index in [1.807, 2.05) is 0 Å². The molecule has 0 aliphatic heterocycles. The third kappa shape index (κ3) is 3.16. The number of nitrogens with two attached hydrogens (primary N) is 1. The third-order valence-corrected chi connectivity index (χ3v) is 2.17.